The van der Waals surface area contributed by atoms with Crippen molar-refractivity contribution < 1.29 is 14.7 Å². The van der Waals surface area contributed by atoms with E-state index in [9.17, 15) is 14.7 Å². The van der Waals surface area contributed by atoms with E-state index in [2.05, 4.69) is 22.0 Å². The summed E-state index contributed by atoms with van der Waals surface area (Å²) in [5, 5.41) is 13.9. The van der Waals surface area contributed by atoms with E-state index >= 15 is 0 Å². The lowest BCUT2D eigenvalue weighted by atomic mass is 10.0. The first-order valence-electron chi connectivity index (χ1n) is 10.9. The fraction of sp³-hybridized carbons (Fsp3) is 0.192. The Labute approximate surface area is 191 Å². The second-order valence-electron chi connectivity index (χ2n) is 7.71. The molecule has 0 aliphatic carbocycles. The van der Waals surface area contributed by atoms with Crippen LogP contribution in [0.3, 0.4) is 0 Å². The van der Waals surface area contributed by atoms with Crippen LogP contribution in [0.25, 0.3) is 11.3 Å². The van der Waals surface area contributed by atoms with Gasteiger partial charge in [0.1, 0.15) is 5.82 Å². The predicted octanol–water partition coefficient (Wildman–Crippen LogP) is 4.66. The molecule has 166 valence electrons. The molecule has 0 amide bonds. The van der Waals surface area contributed by atoms with Crippen LogP contribution in [0.2, 0.25) is 0 Å². The van der Waals surface area contributed by atoms with Gasteiger partial charge in [0.15, 0.2) is 0 Å². The number of aryl methyl sites for hydroxylation is 1. The maximum absolute atomic E-state index is 12.8. The Morgan fingerprint density at radius 1 is 0.970 bits per heavy atom. The molecule has 7 heteroatoms. The number of carbonyl (C=O) groups is 2. The van der Waals surface area contributed by atoms with Gasteiger partial charge >= 0.3 is 5.97 Å². The van der Waals surface area contributed by atoms with Crippen molar-refractivity contribution >= 4 is 11.8 Å². The average molecular weight is 441 g/mol. The van der Waals surface area contributed by atoms with Crippen molar-refractivity contribution in [1.82, 2.24) is 19.7 Å². The first-order chi connectivity index (χ1) is 16.1. The van der Waals surface area contributed by atoms with Crippen molar-refractivity contribution in [2.75, 3.05) is 0 Å². The Morgan fingerprint density at radius 2 is 1.73 bits per heavy atom. The maximum atomic E-state index is 12.8. The largest absolute Gasteiger partial charge is 0.478 e. The summed E-state index contributed by atoms with van der Waals surface area (Å²) in [6, 6.07) is 19.5. The third kappa shape index (κ3) is 5.03. The topological polar surface area (TPSA) is 98.0 Å². The van der Waals surface area contributed by atoms with Crippen molar-refractivity contribution in [2.24, 2.45) is 0 Å². The molecule has 0 unspecified atom stereocenters. The Hall–Kier alpha value is -4.13. The minimum Gasteiger partial charge on any atom is -0.478 e. The van der Waals surface area contributed by atoms with Crippen molar-refractivity contribution in [3.8, 4) is 11.3 Å². The molecule has 0 aliphatic rings. The fourth-order valence-corrected chi connectivity index (χ4v) is 3.58. The van der Waals surface area contributed by atoms with Crippen molar-refractivity contribution in [3.63, 3.8) is 0 Å². The molecule has 2 aromatic heterocycles. The maximum Gasteiger partial charge on any atom is 0.336 e. The number of aromatic carboxylic acids is 1. The molecule has 0 bridgehead atoms. The summed E-state index contributed by atoms with van der Waals surface area (Å²) in [5.41, 5.74) is 2.80. The number of carbonyl (C=O) groups excluding carboxylic acids is 1. The summed E-state index contributed by atoms with van der Waals surface area (Å²) in [4.78, 5) is 33.4. The first kappa shape index (κ1) is 22.1. The zero-order valence-electron chi connectivity index (χ0n) is 18.3. The SMILES string of the molecule is CCCCc1nc(C(=O)c2ccccc2)nn1Cc1ccc(-c2ccccc2C(=O)O)nc1. The number of hydrogen-bond donors (Lipinski definition) is 1. The van der Waals surface area contributed by atoms with Gasteiger partial charge in [-0.15, -0.1) is 5.10 Å². The van der Waals surface area contributed by atoms with Gasteiger partial charge in [-0.2, -0.15) is 0 Å². The van der Waals surface area contributed by atoms with E-state index in [0.29, 0.717) is 23.4 Å². The van der Waals surface area contributed by atoms with Crippen LogP contribution in [0.4, 0.5) is 0 Å². The van der Waals surface area contributed by atoms with E-state index in [1.165, 1.54) is 0 Å². The highest BCUT2D eigenvalue weighted by atomic mass is 16.4. The fourth-order valence-electron chi connectivity index (χ4n) is 3.58. The van der Waals surface area contributed by atoms with Crippen LogP contribution in [0.15, 0.2) is 72.9 Å². The Morgan fingerprint density at radius 3 is 2.42 bits per heavy atom. The van der Waals surface area contributed by atoms with E-state index in [1.807, 2.05) is 24.3 Å². The van der Waals surface area contributed by atoms with Crippen molar-refractivity contribution in [1.29, 1.82) is 0 Å². The van der Waals surface area contributed by atoms with Gasteiger partial charge in [0, 0.05) is 23.7 Å². The Balaban J connectivity index is 1.60. The van der Waals surface area contributed by atoms with E-state index in [-0.39, 0.29) is 17.2 Å². The highest BCUT2D eigenvalue weighted by Crippen LogP contribution is 2.22. The molecule has 33 heavy (non-hydrogen) atoms. The van der Waals surface area contributed by atoms with Gasteiger partial charge in [0.05, 0.1) is 17.8 Å². The monoisotopic (exact) mass is 440 g/mol. The molecule has 0 fully saturated rings. The summed E-state index contributed by atoms with van der Waals surface area (Å²) in [6.07, 6.45) is 4.38. The predicted molar refractivity (Wildman–Crippen MR) is 124 cm³/mol. The molecule has 0 radical (unpaired) electrons. The summed E-state index contributed by atoms with van der Waals surface area (Å²) >= 11 is 0. The molecular formula is C26H24N4O3. The molecule has 4 aromatic rings. The Kier molecular flexibility index (Phi) is 6.69. The van der Waals surface area contributed by atoms with E-state index < -0.39 is 5.97 Å². The number of ketones is 1. The summed E-state index contributed by atoms with van der Waals surface area (Å²) in [6.45, 7) is 2.52. The molecule has 0 atom stereocenters. The average Bonchev–Trinajstić information content (AvgIpc) is 3.25. The van der Waals surface area contributed by atoms with Crippen LogP contribution in [0.5, 0.6) is 0 Å². The van der Waals surface area contributed by atoms with Gasteiger partial charge in [-0.3, -0.25) is 9.78 Å². The number of carboxylic acid groups (broad SMARTS) is 1. The molecule has 2 aromatic carbocycles. The highest BCUT2D eigenvalue weighted by Gasteiger charge is 2.18. The summed E-state index contributed by atoms with van der Waals surface area (Å²) < 4.78 is 1.76. The number of nitrogens with zero attached hydrogens (tertiary/aromatic N) is 4. The third-order valence-corrected chi connectivity index (χ3v) is 5.33. The molecule has 0 aliphatic heterocycles. The zero-order chi connectivity index (χ0) is 23.2. The van der Waals surface area contributed by atoms with Crippen molar-refractivity contribution in [3.05, 3.63) is 101 Å². The molecule has 0 saturated heterocycles. The molecule has 7 nitrogen and oxygen atoms in total. The van der Waals surface area contributed by atoms with Gasteiger partial charge in [0.2, 0.25) is 11.6 Å². The van der Waals surface area contributed by atoms with Gasteiger partial charge < -0.3 is 5.11 Å². The Bertz CT molecular complexity index is 1260. The van der Waals surface area contributed by atoms with Crippen LogP contribution in [0, 0.1) is 0 Å². The second kappa shape index (κ2) is 9.99. The van der Waals surface area contributed by atoms with Crippen molar-refractivity contribution in [2.45, 2.75) is 32.7 Å². The van der Waals surface area contributed by atoms with Crippen LogP contribution >= 0.6 is 0 Å². The van der Waals surface area contributed by atoms with E-state index in [4.69, 9.17) is 0 Å². The smallest absolute Gasteiger partial charge is 0.336 e. The molecular weight excluding hydrogens is 416 g/mol. The van der Waals surface area contributed by atoms with Gasteiger partial charge in [0.25, 0.3) is 0 Å². The number of rotatable bonds is 9. The standard InChI is InChI=1S/C26H24N4O3/c1-2-3-13-23-28-25(24(31)19-9-5-4-6-10-19)29-30(23)17-18-14-15-22(27-16-18)20-11-7-8-12-21(20)26(32)33/h4-12,14-16H,2-3,13,17H2,1H3,(H,32,33). The summed E-state index contributed by atoms with van der Waals surface area (Å²) in [7, 11) is 0. The van der Waals surface area contributed by atoms with Gasteiger partial charge in [-0.05, 0) is 24.1 Å². The van der Waals surface area contributed by atoms with Crippen LogP contribution < -0.4 is 0 Å². The summed E-state index contributed by atoms with van der Waals surface area (Å²) in [5.74, 6) is -0.246. The number of hydrogen-bond acceptors (Lipinski definition) is 5. The highest BCUT2D eigenvalue weighted by molar-refractivity contribution is 6.06. The lowest BCUT2D eigenvalue weighted by molar-refractivity contribution is 0.0697. The number of benzene rings is 2. The lowest BCUT2D eigenvalue weighted by Crippen LogP contribution is -2.09. The van der Waals surface area contributed by atoms with E-state index in [0.717, 1.165) is 30.7 Å². The van der Waals surface area contributed by atoms with E-state index in [1.54, 1.807) is 53.3 Å². The molecule has 0 saturated carbocycles. The third-order valence-electron chi connectivity index (χ3n) is 5.33. The molecule has 4 rings (SSSR count). The normalized spacial score (nSPS) is 10.8. The molecule has 0 spiro atoms. The molecule has 2 heterocycles. The number of carboxylic acids is 1. The van der Waals surface area contributed by atoms with Gasteiger partial charge in [-0.1, -0.05) is 67.9 Å². The number of pyridine rings is 1. The molecule has 1 N–H and O–H groups in total. The van der Waals surface area contributed by atoms with Crippen LogP contribution in [0.1, 0.15) is 57.7 Å². The lowest BCUT2D eigenvalue weighted by Gasteiger charge is -2.08. The quantitative estimate of drug-likeness (QED) is 0.380. The minimum absolute atomic E-state index is 0.187. The number of aromatic nitrogens is 4. The first-order valence-corrected chi connectivity index (χ1v) is 10.9. The van der Waals surface area contributed by atoms with Crippen LogP contribution in [-0.4, -0.2) is 36.6 Å². The number of unbranched alkanes of at least 4 members (excludes halogenated alkanes) is 1. The zero-order valence-corrected chi connectivity index (χ0v) is 18.3. The van der Waals surface area contributed by atoms with Gasteiger partial charge in [-0.25, -0.2) is 14.5 Å². The van der Waals surface area contributed by atoms with Crippen LogP contribution in [-0.2, 0) is 13.0 Å². The second-order valence-corrected chi connectivity index (χ2v) is 7.71. The minimum atomic E-state index is -0.990.